The topological polar surface area (TPSA) is 71.7 Å². The van der Waals surface area contributed by atoms with E-state index in [2.05, 4.69) is 41.8 Å². The number of aryl methyl sites for hydroxylation is 3. The highest BCUT2D eigenvalue weighted by molar-refractivity contribution is 7.98. The second-order valence-electron chi connectivity index (χ2n) is 6.92. The number of hydrogen-bond donors (Lipinski definition) is 0. The summed E-state index contributed by atoms with van der Waals surface area (Å²) in [5.74, 6) is 0.551. The molecule has 0 aliphatic carbocycles. The maximum atomic E-state index is 12.8. The SMILES string of the molecule is CSCCn1c(=NC(=O)C2CCCN2S(C)(=O)=O)sc2cc(C)c(C)cc21. The molecule has 148 valence electrons. The zero-order valence-corrected chi connectivity index (χ0v) is 18.5. The average Bonchev–Trinajstić information content (AvgIpc) is 3.19. The van der Waals surface area contributed by atoms with Crippen molar-refractivity contribution in [1.29, 1.82) is 0 Å². The van der Waals surface area contributed by atoms with Crippen LogP contribution in [0.25, 0.3) is 10.2 Å². The van der Waals surface area contributed by atoms with E-state index in [0.29, 0.717) is 24.2 Å². The number of amides is 1. The third-order valence-electron chi connectivity index (χ3n) is 4.94. The van der Waals surface area contributed by atoms with Gasteiger partial charge in [-0.2, -0.15) is 21.1 Å². The molecule has 1 unspecified atom stereocenters. The van der Waals surface area contributed by atoms with E-state index in [1.165, 1.54) is 26.8 Å². The number of thiazole rings is 1. The van der Waals surface area contributed by atoms with Crippen molar-refractivity contribution in [2.45, 2.75) is 39.3 Å². The highest BCUT2D eigenvalue weighted by Crippen LogP contribution is 2.24. The summed E-state index contributed by atoms with van der Waals surface area (Å²) in [6, 6.07) is 3.60. The summed E-state index contributed by atoms with van der Waals surface area (Å²) in [5.41, 5.74) is 3.49. The molecule has 1 aliphatic rings. The Morgan fingerprint density at radius 1 is 1.33 bits per heavy atom. The van der Waals surface area contributed by atoms with Crippen molar-refractivity contribution in [1.82, 2.24) is 8.87 Å². The van der Waals surface area contributed by atoms with Crippen LogP contribution in [0.3, 0.4) is 0 Å². The fourth-order valence-electron chi connectivity index (χ4n) is 3.36. The van der Waals surface area contributed by atoms with Crippen LogP contribution in [-0.2, 0) is 21.4 Å². The van der Waals surface area contributed by atoms with Crippen LogP contribution in [0, 0.1) is 13.8 Å². The van der Waals surface area contributed by atoms with Gasteiger partial charge in [0.05, 0.1) is 16.5 Å². The van der Waals surface area contributed by atoms with Crippen LogP contribution in [0.2, 0.25) is 0 Å². The third kappa shape index (κ3) is 4.31. The molecule has 1 fully saturated rings. The Morgan fingerprint density at radius 3 is 2.70 bits per heavy atom. The van der Waals surface area contributed by atoms with Crippen molar-refractivity contribution in [3.63, 3.8) is 0 Å². The van der Waals surface area contributed by atoms with Gasteiger partial charge in [0.1, 0.15) is 6.04 Å². The molecule has 1 aromatic carbocycles. The first-order valence-electron chi connectivity index (χ1n) is 8.87. The second-order valence-corrected chi connectivity index (χ2v) is 10.8. The predicted molar refractivity (Wildman–Crippen MR) is 113 cm³/mol. The minimum Gasteiger partial charge on any atom is -0.316 e. The van der Waals surface area contributed by atoms with E-state index < -0.39 is 16.1 Å². The van der Waals surface area contributed by atoms with Gasteiger partial charge in [0, 0.05) is 18.8 Å². The summed E-state index contributed by atoms with van der Waals surface area (Å²) < 4.78 is 28.4. The molecule has 1 amide bonds. The molecule has 0 radical (unpaired) electrons. The van der Waals surface area contributed by atoms with Crippen LogP contribution in [0.4, 0.5) is 0 Å². The summed E-state index contributed by atoms with van der Waals surface area (Å²) in [6.07, 6.45) is 4.43. The lowest BCUT2D eigenvalue weighted by Gasteiger charge is -2.18. The number of carbonyl (C=O) groups excluding carboxylic acids is 1. The minimum absolute atomic E-state index is 0.365. The van der Waals surface area contributed by atoms with Gasteiger partial charge in [-0.05, 0) is 56.2 Å². The van der Waals surface area contributed by atoms with Gasteiger partial charge in [-0.15, -0.1) is 0 Å². The molecule has 27 heavy (non-hydrogen) atoms. The van der Waals surface area contributed by atoms with Crippen LogP contribution in [-0.4, -0.2) is 54.0 Å². The fourth-order valence-corrected chi connectivity index (χ4v) is 5.98. The van der Waals surface area contributed by atoms with E-state index in [-0.39, 0.29) is 5.91 Å². The Hall–Kier alpha value is -1.16. The molecule has 2 aromatic rings. The summed E-state index contributed by atoms with van der Waals surface area (Å²) >= 11 is 3.23. The van der Waals surface area contributed by atoms with Crippen molar-refractivity contribution in [3.8, 4) is 0 Å². The van der Waals surface area contributed by atoms with Gasteiger partial charge in [0.25, 0.3) is 5.91 Å². The number of sulfonamides is 1. The van der Waals surface area contributed by atoms with Gasteiger partial charge < -0.3 is 4.57 Å². The lowest BCUT2D eigenvalue weighted by Crippen LogP contribution is -2.40. The van der Waals surface area contributed by atoms with Crippen LogP contribution >= 0.6 is 23.1 Å². The second kappa shape index (κ2) is 8.06. The molecule has 1 aliphatic heterocycles. The smallest absolute Gasteiger partial charge is 0.266 e. The monoisotopic (exact) mass is 427 g/mol. The number of fused-ring (bicyclic) bond motifs is 1. The van der Waals surface area contributed by atoms with Crippen LogP contribution < -0.4 is 4.80 Å². The Labute approximate surface area is 168 Å². The fraction of sp³-hybridized carbons (Fsp3) is 0.556. The number of nitrogens with zero attached hydrogens (tertiary/aromatic N) is 3. The number of benzene rings is 1. The minimum atomic E-state index is -3.40. The molecule has 1 aromatic heterocycles. The standard InChI is InChI=1S/C18H25N3O3S3/c1-12-10-15-16(11-13(12)2)26-18(20(15)8-9-25-3)19-17(22)14-6-5-7-21(14)27(4,23)24/h10-11,14H,5-9H2,1-4H3. The van der Waals surface area contributed by atoms with Crippen molar-refractivity contribution >= 4 is 49.2 Å². The summed E-state index contributed by atoms with van der Waals surface area (Å²) in [4.78, 5) is 17.9. The molecular formula is C18H25N3O3S3. The van der Waals surface area contributed by atoms with E-state index >= 15 is 0 Å². The first kappa shape index (κ1) is 20.6. The lowest BCUT2D eigenvalue weighted by molar-refractivity contribution is -0.121. The maximum Gasteiger partial charge on any atom is 0.266 e. The quantitative estimate of drug-likeness (QED) is 0.735. The molecule has 1 atom stereocenters. The molecule has 0 bridgehead atoms. The zero-order chi connectivity index (χ0) is 19.8. The molecule has 3 rings (SSSR count). The number of hydrogen-bond acceptors (Lipinski definition) is 5. The van der Waals surface area contributed by atoms with Crippen LogP contribution in [0.5, 0.6) is 0 Å². The van der Waals surface area contributed by atoms with Gasteiger partial charge in [0.2, 0.25) is 10.0 Å². The first-order chi connectivity index (χ1) is 12.7. The molecular weight excluding hydrogens is 402 g/mol. The van der Waals surface area contributed by atoms with Gasteiger partial charge >= 0.3 is 0 Å². The largest absolute Gasteiger partial charge is 0.316 e. The molecule has 9 heteroatoms. The Morgan fingerprint density at radius 2 is 2.04 bits per heavy atom. The lowest BCUT2D eigenvalue weighted by atomic mass is 10.1. The van der Waals surface area contributed by atoms with Crippen molar-refractivity contribution < 1.29 is 13.2 Å². The van der Waals surface area contributed by atoms with Gasteiger partial charge in [0.15, 0.2) is 4.80 Å². The van der Waals surface area contributed by atoms with E-state index in [1.807, 2.05) is 0 Å². The summed E-state index contributed by atoms with van der Waals surface area (Å²) in [6.45, 7) is 5.30. The number of thioether (sulfide) groups is 1. The first-order valence-corrected chi connectivity index (χ1v) is 12.9. The average molecular weight is 428 g/mol. The number of carbonyl (C=O) groups is 1. The number of rotatable bonds is 5. The van der Waals surface area contributed by atoms with Gasteiger partial charge in [-0.3, -0.25) is 4.79 Å². The van der Waals surface area contributed by atoms with E-state index in [0.717, 1.165) is 28.8 Å². The van der Waals surface area contributed by atoms with Crippen LogP contribution in [0.1, 0.15) is 24.0 Å². The van der Waals surface area contributed by atoms with Crippen LogP contribution in [0.15, 0.2) is 17.1 Å². The summed E-state index contributed by atoms with van der Waals surface area (Å²) in [7, 11) is -3.40. The molecule has 2 heterocycles. The van der Waals surface area contributed by atoms with Gasteiger partial charge in [-0.1, -0.05) is 11.3 Å². The molecule has 0 N–H and O–H groups in total. The highest BCUT2D eigenvalue weighted by Gasteiger charge is 2.36. The molecule has 0 spiro atoms. The molecule has 1 saturated heterocycles. The maximum absolute atomic E-state index is 12.8. The Bertz CT molecular complexity index is 1040. The normalized spacial score (nSPS) is 19.3. The highest BCUT2D eigenvalue weighted by atomic mass is 32.2. The third-order valence-corrected chi connectivity index (χ3v) is 7.86. The molecule has 6 nitrogen and oxygen atoms in total. The summed E-state index contributed by atoms with van der Waals surface area (Å²) in [5, 5.41) is 0. The van der Waals surface area contributed by atoms with Crippen molar-refractivity contribution in [2.24, 2.45) is 4.99 Å². The van der Waals surface area contributed by atoms with E-state index in [4.69, 9.17) is 0 Å². The van der Waals surface area contributed by atoms with Gasteiger partial charge in [-0.25, -0.2) is 8.42 Å². The molecule has 0 saturated carbocycles. The van der Waals surface area contributed by atoms with E-state index in [1.54, 1.807) is 11.8 Å². The van der Waals surface area contributed by atoms with Crippen molar-refractivity contribution in [2.75, 3.05) is 24.8 Å². The predicted octanol–water partition coefficient (Wildman–Crippen LogP) is 2.53. The Kier molecular flexibility index (Phi) is 6.14. The number of aromatic nitrogens is 1. The van der Waals surface area contributed by atoms with E-state index in [9.17, 15) is 13.2 Å². The zero-order valence-electron chi connectivity index (χ0n) is 16.1. The Balaban J connectivity index is 2.07. The van der Waals surface area contributed by atoms with Crippen molar-refractivity contribution in [3.05, 3.63) is 28.1 Å².